The van der Waals surface area contributed by atoms with Gasteiger partial charge in [0.15, 0.2) is 12.4 Å². The number of aromatic nitrogens is 2. The minimum atomic E-state index is -3.88. The van der Waals surface area contributed by atoms with Gasteiger partial charge in [-0.15, -0.1) is 0 Å². The van der Waals surface area contributed by atoms with Gasteiger partial charge in [-0.1, -0.05) is 30.6 Å². The molecule has 0 spiro atoms. The van der Waals surface area contributed by atoms with Gasteiger partial charge in [0.2, 0.25) is 5.89 Å². The lowest BCUT2D eigenvalue weighted by atomic mass is 9.85. The molecule has 0 unspecified atom stereocenters. The zero-order valence-corrected chi connectivity index (χ0v) is 19.0. The van der Waals surface area contributed by atoms with E-state index in [4.69, 9.17) is 9.26 Å². The number of fused-ring (bicyclic) bond motifs is 1. The van der Waals surface area contributed by atoms with E-state index in [1.807, 2.05) is 19.1 Å². The summed E-state index contributed by atoms with van der Waals surface area (Å²) in [6.07, 6.45) is 4.06. The second-order valence-corrected chi connectivity index (χ2v) is 9.91. The van der Waals surface area contributed by atoms with Crippen molar-refractivity contribution in [1.82, 2.24) is 10.1 Å². The van der Waals surface area contributed by atoms with Gasteiger partial charge in [-0.25, -0.2) is 8.42 Å². The third-order valence-electron chi connectivity index (χ3n) is 6.04. The number of nitrogens with zero attached hydrogens (tertiary/aromatic N) is 3. The molecular formula is C23H24N4O5S. The minimum Gasteiger partial charge on any atom is -0.482 e. The predicted octanol–water partition coefficient (Wildman–Crippen LogP) is 3.63. The fourth-order valence-electron chi connectivity index (χ4n) is 3.84. The first-order chi connectivity index (χ1) is 15.9. The summed E-state index contributed by atoms with van der Waals surface area (Å²) in [5, 5.41) is 4.01. The number of ether oxygens (including phenoxy) is 1. The van der Waals surface area contributed by atoms with Crippen molar-refractivity contribution in [2.45, 2.75) is 50.0 Å². The highest BCUT2D eigenvalue weighted by Gasteiger charge is 2.30. The van der Waals surface area contributed by atoms with Crippen molar-refractivity contribution in [2.75, 3.05) is 16.2 Å². The van der Waals surface area contributed by atoms with Gasteiger partial charge in [0.05, 0.1) is 17.1 Å². The van der Waals surface area contributed by atoms with Gasteiger partial charge >= 0.3 is 0 Å². The molecule has 1 aliphatic heterocycles. The first-order valence-electron chi connectivity index (χ1n) is 10.9. The molecule has 0 saturated heterocycles. The van der Waals surface area contributed by atoms with Crippen molar-refractivity contribution in [3.8, 4) is 5.75 Å². The van der Waals surface area contributed by atoms with Crippen LogP contribution in [0.2, 0.25) is 0 Å². The molecule has 1 aromatic heterocycles. The molecule has 1 fully saturated rings. The van der Waals surface area contributed by atoms with E-state index in [0.29, 0.717) is 28.8 Å². The number of aryl methyl sites for hydroxylation is 1. The summed E-state index contributed by atoms with van der Waals surface area (Å²) in [7, 11) is -3.88. The topological polar surface area (TPSA) is 115 Å². The molecule has 1 saturated carbocycles. The molecule has 1 N–H and O–H groups in total. The van der Waals surface area contributed by atoms with Gasteiger partial charge in [-0.2, -0.15) is 4.98 Å². The van der Waals surface area contributed by atoms with E-state index in [0.717, 1.165) is 31.2 Å². The lowest BCUT2D eigenvalue weighted by molar-refractivity contribution is -0.121. The van der Waals surface area contributed by atoms with E-state index >= 15 is 0 Å². The third kappa shape index (κ3) is 4.30. The second-order valence-electron chi connectivity index (χ2n) is 8.23. The molecule has 172 valence electrons. The van der Waals surface area contributed by atoms with Crippen molar-refractivity contribution in [2.24, 2.45) is 0 Å². The Labute approximate surface area is 191 Å². The molecule has 0 bridgehead atoms. The first kappa shape index (κ1) is 21.4. The highest BCUT2D eigenvalue weighted by molar-refractivity contribution is 7.92. The number of benzene rings is 2. The van der Waals surface area contributed by atoms with Crippen molar-refractivity contribution in [3.05, 3.63) is 59.7 Å². The number of hydrogen-bond acceptors (Lipinski definition) is 7. The normalized spacial score (nSPS) is 16.2. The second kappa shape index (κ2) is 8.51. The summed E-state index contributed by atoms with van der Waals surface area (Å²) >= 11 is 0. The highest BCUT2D eigenvalue weighted by Crippen LogP contribution is 2.37. The molecule has 33 heavy (non-hydrogen) atoms. The number of anilines is 2. The lowest BCUT2D eigenvalue weighted by Gasteiger charge is -2.28. The predicted molar refractivity (Wildman–Crippen MR) is 121 cm³/mol. The SMILES string of the molecule is CCc1ccc(NS(=O)(=O)c2ccc3c(c2)N(Cc2noc(C4CCC4)n2)C(=O)CO3)cc1. The Morgan fingerprint density at radius 3 is 2.64 bits per heavy atom. The van der Waals surface area contributed by atoms with E-state index in [1.54, 1.807) is 18.2 Å². The number of nitrogens with one attached hydrogen (secondary N) is 1. The van der Waals surface area contributed by atoms with Crippen LogP contribution in [0.25, 0.3) is 0 Å². The summed E-state index contributed by atoms with van der Waals surface area (Å²) in [5.41, 5.74) is 1.93. The highest BCUT2D eigenvalue weighted by atomic mass is 32.2. The molecule has 0 radical (unpaired) electrons. The number of carbonyl (C=O) groups excluding carboxylic acids is 1. The molecule has 1 amide bonds. The molecule has 9 nitrogen and oxygen atoms in total. The Kier molecular flexibility index (Phi) is 5.53. The molecule has 0 atom stereocenters. The average molecular weight is 469 g/mol. The fraction of sp³-hybridized carbons (Fsp3) is 0.348. The smallest absolute Gasteiger partial charge is 0.265 e. The number of amides is 1. The van der Waals surface area contributed by atoms with Crippen LogP contribution in [-0.2, 0) is 27.8 Å². The molecule has 2 aliphatic rings. The van der Waals surface area contributed by atoms with Gasteiger partial charge in [0.1, 0.15) is 5.75 Å². The quantitative estimate of drug-likeness (QED) is 0.563. The van der Waals surface area contributed by atoms with Crippen LogP contribution in [0.5, 0.6) is 5.75 Å². The summed E-state index contributed by atoms with van der Waals surface area (Å²) in [5.74, 6) is 1.36. The van der Waals surface area contributed by atoms with Crippen LogP contribution in [0.4, 0.5) is 11.4 Å². The maximum atomic E-state index is 13.0. The van der Waals surface area contributed by atoms with Crippen LogP contribution >= 0.6 is 0 Å². The monoisotopic (exact) mass is 468 g/mol. The van der Waals surface area contributed by atoms with Crippen LogP contribution in [0.15, 0.2) is 51.9 Å². The van der Waals surface area contributed by atoms with Crippen molar-refractivity contribution in [1.29, 1.82) is 0 Å². The largest absolute Gasteiger partial charge is 0.482 e. The summed E-state index contributed by atoms with van der Waals surface area (Å²) in [4.78, 5) is 18.5. The Bertz CT molecular complexity index is 1280. The van der Waals surface area contributed by atoms with E-state index in [1.165, 1.54) is 17.0 Å². The molecule has 2 heterocycles. The van der Waals surface area contributed by atoms with Crippen molar-refractivity contribution >= 4 is 27.3 Å². The van der Waals surface area contributed by atoms with E-state index in [2.05, 4.69) is 14.9 Å². The molecule has 3 aromatic rings. The maximum absolute atomic E-state index is 13.0. The minimum absolute atomic E-state index is 0.0207. The Balaban J connectivity index is 1.40. The van der Waals surface area contributed by atoms with Crippen LogP contribution in [-0.4, -0.2) is 31.1 Å². The van der Waals surface area contributed by atoms with Gasteiger partial charge in [0.25, 0.3) is 15.9 Å². The maximum Gasteiger partial charge on any atom is 0.265 e. The molecule has 10 heteroatoms. The van der Waals surface area contributed by atoms with Gasteiger partial charge in [-0.3, -0.25) is 14.4 Å². The van der Waals surface area contributed by atoms with E-state index in [9.17, 15) is 13.2 Å². The molecule has 2 aromatic carbocycles. The van der Waals surface area contributed by atoms with Gasteiger partial charge in [0, 0.05) is 11.6 Å². The van der Waals surface area contributed by atoms with Crippen molar-refractivity contribution < 1.29 is 22.5 Å². The lowest BCUT2D eigenvalue weighted by Crippen LogP contribution is -2.38. The van der Waals surface area contributed by atoms with Crippen LogP contribution in [0.3, 0.4) is 0 Å². The van der Waals surface area contributed by atoms with Crippen molar-refractivity contribution in [3.63, 3.8) is 0 Å². The van der Waals surface area contributed by atoms with E-state index in [-0.39, 0.29) is 29.9 Å². The summed E-state index contributed by atoms with van der Waals surface area (Å²) in [6.45, 7) is 1.96. The summed E-state index contributed by atoms with van der Waals surface area (Å²) < 4.78 is 39.5. The number of carbonyl (C=O) groups is 1. The number of rotatable bonds is 7. The van der Waals surface area contributed by atoms with E-state index < -0.39 is 10.0 Å². The van der Waals surface area contributed by atoms with Gasteiger partial charge in [-0.05, 0) is 55.2 Å². The first-order valence-corrected chi connectivity index (χ1v) is 12.4. The van der Waals surface area contributed by atoms with Crippen LogP contribution in [0, 0.1) is 0 Å². The zero-order valence-electron chi connectivity index (χ0n) is 18.2. The molecular weight excluding hydrogens is 444 g/mol. The number of hydrogen-bond donors (Lipinski definition) is 1. The Morgan fingerprint density at radius 1 is 1.15 bits per heavy atom. The molecule has 5 rings (SSSR count). The van der Waals surface area contributed by atoms with Crippen LogP contribution < -0.4 is 14.4 Å². The standard InChI is InChI=1S/C23H24N4O5S/c1-2-15-6-8-17(9-7-15)26-33(29,30)18-10-11-20-19(12-18)27(22(28)14-31-20)13-21-24-23(32-25-21)16-4-3-5-16/h6-12,16,26H,2-5,13-14H2,1H3. The Morgan fingerprint density at radius 2 is 1.94 bits per heavy atom. The fourth-order valence-corrected chi connectivity index (χ4v) is 4.92. The van der Waals surface area contributed by atoms with Crippen LogP contribution in [0.1, 0.15) is 49.4 Å². The number of sulfonamides is 1. The Hall–Kier alpha value is -3.40. The van der Waals surface area contributed by atoms with Gasteiger partial charge < -0.3 is 9.26 Å². The summed E-state index contributed by atoms with van der Waals surface area (Å²) in [6, 6.07) is 11.6. The average Bonchev–Trinajstić information content (AvgIpc) is 3.22. The molecule has 1 aliphatic carbocycles. The third-order valence-corrected chi connectivity index (χ3v) is 7.41. The zero-order chi connectivity index (χ0) is 23.0.